The van der Waals surface area contributed by atoms with Crippen molar-refractivity contribution < 1.29 is 4.79 Å². The normalized spacial score (nSPS) is 10.7. The fraction of sp³-hybridized carbons (Fsp3) is 0.286. The van der Waals surface area contributed by atoms with Gasteiger partial charge in [0.15, 0.2) is 0 Å². The first-order valence-corrected chi connectivity index (χ1v) is 6.20. The van der Waals surface area contributed by atoms with E-state index in [1.807, 2.05) is 26.8 Å². The highest BCUT2D eigenvalue weighted by molar-refractivity contribution is 6.07. The standard InChI is InChI=1S/C14H18N4O/c1-9(2)18-13(6-7-16-18)17-14(19)11-8-10(3)4-5-12(11)15/h4-9H,15H2,1-3H3,(H,17,19). The Bertz CT molecular complexity index is 601. The number of rotatable bonds is 3. The third kappa shape index (κ3) is 2.76. The number of nitrogens with one attached hydrogen (secondary N) is 1. The summed E-state index contributed by atoms with van der Waals surface area (Å²) in [7, 11) is 0. The molecule has 0 fully saturated rings. The van der Waals surface area contributed by atoms with E-state index < -0.39 is 0 Å². The monoisotopic (exact) mass is 258 g/mol. The number of aromatic nitrogens is 2. The molecule has 0 radical (unpaired) electrons. The highest BCUT2D eigenvalue weighted by Crippen LogP contribution is 2.18. The third-order valence-electron chi connectivity index (χ3n) is 2.85. The Kier molecular flexibility index (Phi) is 3.55. The molecule has 2 aromatic rings. The van der Waals surface area contributed by atoms with Gasteiger partial charge in [0.25, 0.3) is 5.91 Å². The van der Waals surface area contributed by atoms with Gasteiger partial charge < -0.3 is 11.1 Å². The van der Waals surface area contributed by atoms with Crippen LogP contribution >= 0.6 is 0 Å². The van der Waals surface area contributed by atoms with E-state index in [2.05, 4.69) is 10.4 Å². The van der Waals surface area contributed by atoms with Crippen LogP contribution in [0.1, 0.15) is 35.8 Å². The highest BCUT2D eigenvalue weighted by Gasteiger charge is 2.13. The van der Waals surface area contributed by atoms with Crippen LogP contribution in [0.15, 0.2) is 30.5 Å². The van der Waals surface area contributed by atoms with Crippen LogP contribution in [-0.2, 0) is 0 Å². The van der Waals surface area contributed by atoms with Crippen molar-refractivity contribution >= 4 is 17.4 Å². The second-order valence-corrected chi connectivity index (χ2v) is 4.80. The first kappa shape index (κ1) is 13.1. The van der Waals surface area contributed by atoms with Crippen molar-refractivity contribution in [1.29, 1.82) is 0 Å². The zero-order valence-electron chi connectivity index (χ0n) is 11.3. The summed E-state index contributed by atoms with van der Waals surface area (Å²) in [6.07, 6.45) is 1.66. The number of amides is 1. The van der Waals surface area contributed by atoms with E-state index in [1.54, 1.807) is 29.1 Å². The van der Waals surface area contributed by atoms with Crippen molar-refractivity contribution in [2.75, 3.05) is 11.1 Å². The molecule has 0 saturated carbocycles. The predicted molar refractivity (Wildman–Crippen MR) is 76.2 cm³/mol. The van der Waals surface area contributed by atoms with Crippen LogP contribution in [0.4, 0.5) is 11.5 Å². The van der Waals surface area contributed by atoms with E-state index >= 15 is 0 Å². The summed E-state index contributed by atoms with van der Waals surface area (Å²) in [5.41, 5.74) is 7.78. The molecule has 100 valence electrons. The van der Waals surface area contributed by atoms with Crippen molar-refractivity contribution in [2.45, 2.75) is 26.8 Å². The third-order valence-corrected chi connectivity index (χ3v) is 2.85. The molecule has 0 aliphatic rings. The summed E-state index contributed by atoms with van der Waals surface area (Å²) < 4.78 is 1.75. The number of aryl methyl sites for hydroxylation is 1. The first-order valence-electron chi connectivity index (χ1n) is 6.20. The lowest BCUT2D eigenvalue weighted by Gasteiger charge is -2.12. The van der Waals surface area contributed by atoms with Gasteiger partial charge in [0.2, 0.25) is 0 Å². The lowest BCUT2D eigenvalue weighted by atomic mass is 10.1. The molecule has 19 heavy (non-hydrogen) atoms. The minimum Gasteiger partial charge on any atom is -0.398 e. The second kappa shape index (κ2) is 5.14. The lowest BCUT2D eigenvalue weighted by Crippen LogP contribution is -2.18. The van der Waals surface area contributed by atoms with Crippen LogP contribution in [0.25, 0.3) is 0 Å². The largest absolute Gasteiger partial charge is 0.398 e. The van der Waals surface area contributed by atoms with Crippen LogP contribution in [-0.4, -0.2) is 15.7 Å². The number of hydrogen-bond acceptors (Lipinski definition) is 3. The number of hydrogen-bond donors (Lipinski definition) is 2. The van der Waals surface area contributed by atoms with Crippen molar-refractivity contribution in [3.8, 4) is 0 Å². The highest BCUT2D eigenvalue weighted by atomic mass is 16.1. The fourth-order valence-electron chi connectivity index (χ4n) is 1.88. The Labute approximate surface area is 112 Å². The van der Waals surface area contributed by atoms with Crippen molar-refractivity contribution in [2.24, 2.45) is 0 Å². The van der Waals surface area contributed by atoms with Crippen molar-refractivity contribution in [1.82, 2.24) is 9.78 Å². The van der Waals surface area contributed by atoms with Crippen LogP contribution in [0.3, 0.4) is 0 Å². The number of nitrogens with zero attached hydrogens (tertiary/aromatic N) is 2. The molecule has 5 heteroatoms. The quantitative estimate of drug-likeness (QED) is 0.831. The molecule has 0 unspecified atom stereocenters. The van der Waals surface area contributed by atoms with Crippen LogP contribution in [0.2, 0.25) is 0 Å². The number of anilines is 2. The number of benzene rings is 1. The summed E-state index contributed by atoms with van der Waals surface area (Å²) in [5.74, 6) is 0.449. The van der Waals surface area contributed by atoms with Gasteiger partial charge in [0, 0.05) is 17.8 Å². The number of carbonyl (C=O) groups is 1. The minimum absolute atomic E-state index is 0.181. The van der Waals surface area contributed by atoms with E-state index in [-0.39, 0.29) is 11.9 Å². The van der Waals surface area contributed by atoms with E-state index in [0.717, 1.165) is 5.56 Å². The summed E-state index contributed by atoms with van der Waals surface area (Å²) in [5, 5.41) is 7.01. The van der Waals surface area contributed by atoms with Gasteiger partial charge in [-0.1, -0.05) is 11.6 Å². The Balaban J connectivity index is 2.26. The Hall–Kier alpha value is -2.30. The number of carbonyl (C=O) groups excluding carboxylic acids is 1. The van der Waals surface area contributed by atoms with Gasteiger partial charge in [-0.25, -0.2) is 4.68 Å². The van der Waals surface area contributed by atoms with Gasteiger partial charge in [0.05, 0.1) is 11.8 Å². The maximum Gasteiger partial charge on any atom is 0.258 e. The van der Waals surface area contributed by atoms with Crippen molar-refractivity contribution in [3.63, 3.8) is 0 Å². The predicted octanol–water partition coefficient (Wildman–Crippen LogP) is 2.61. The molecule has 5 nitrogen and oxygen atoms in total. The Morgan fingerprint density at radius 1 is 1.37 bits per heavy atom. The van der Waals surface area contributed by atoms with E-state index in [4.69, 9.17) is 5.73 Å². The average molecular weight is 258 g/mol. The first-order chi connectivity index (χ1) is 8.99. The van der Waals surface area contributed by atoms with Crippen LogP contribution in [0.5, 0.6) is 0 Å². The smallest absolute Gasteiger partial charge is 0.258 e. The van der Waals surface area contributed by atoms with Crippen LogP contribution in [0, 0.1) is 6.92 Å². The molecule has 0 bridgehead atoms. The molecule has 0 atom stereocenters. The molecule has 3 N–H and O–H groups in total. The zero-order valence-corrected chi connectivity index (χ0v) is 11.3. The Morgan fingerprint density at radius 3 is 2.79 bits per heavy atom. The Morgan fingerprint density at radius 2 is 2.11 bits per heavy atom. The number of nitrogen functional groups attached to an aromatic ring is 1. The SMILES string of the molecule is Cc1ccc(N)c(C(=O)Nc2ccnn2C(C)C)c1. The molecular weight excluding hydrogens is 240 g/mol. The summed E-state index contributed by atoms with van der Waals surface area (Å²) in [6, 6.07) is 7.35. The van der Waals surface area contributed by atoms with E-state index in [9.17, 15) is 4.79 Å². The second-order valence-electron chi connectivity index (χ2n) is 4.80. The maximum absolute atomic E-state index is 12.2. The van der Waals surface area contributed by atoms with E-state index in [1.165, 1.54) is 0 Å². The lowest BCUT2D eigenvalue weighted by molar-refractivity contribution is 0.102. The molecule has 0 spiro atoms. The van der Waals surface area contributed by atoms with Gasteiger partial charge in [-0.05, 0) is 32.9 Å². The van der Waals surface area contributed by atoms with Gasteiger partial charge >= 0.3 is 0 Å². The van der Waals surface area contributed by atoms with Gasteiger partial charge in [-0.3, -0.25) is 4.79 Å². The van der Waals surface area contributed by atoms with Gasteiger partial charge in [-0.15, -0.1) is 0 Å². The maximum atomic E-state index is 12.2. The number of nitrogens with two attached hydrogens (primary N) is 1. The molecule has 1 amide bonds. The minimum atomic E-state index is -0.219. The molecule has 1 heterocycles. The topological polar surface area (TPSA) is 72.9 Å². The van der Waals surface area contributed by atoms with Crippen molar-refractivity contribution in [3.05, 3.63) is 41.6 Å². The van der Waals surface area contributed by atoms with E-state index in [0.29, 0.717) is 17.1 Å². The fourth-order valence-corrected chi connectivity index (χ4v) is 1.88. The van der Waals surface area contributed by atoms with Gasteiger partial charge in [0.1, 0.15) is 5.82 Å². The average Bonchev–Trinajstić information content (AvgIpc) is 2.80. The molecule has 2 rings (SSSR count). The zero-order chi connectivity index (χ0) is 14.0. The van der Waals surface area contributed by atoms with Crippen LogP contribution < -0.4 is 11.1 Å². The molecule has 0 aliphatic carbocycles. The summed E-state index contributed by atoms with van der Waals surface area (Å²) in [4.78, 5) is 12.2. The summed E-state index contributed by atoms with van der Waals surface area (Å²) >= 11 is 0. The molecule has 0 saturated heterocycles. The molecule has 1 aromatic heterocycles. The molecule has 1 aromatic carbocycles. The summed E-state index contributed by atoms with van der Waals surface area (Å²) in [6.45, 7) is 5.93. The van der Waals surface area contributed by atoms with Gasteiger partial charge in [-0.2, -0.15) is 5.10 Å². The molecule has 0 aliphatic heterocycles. The molecular formula is C14H18N4O.